The summed E-state index contributed by atoms with van der Waals surface area (Å²) in [6.45, 7) is 1.53. The minimum atomic E-state index is -0.252. The van der Waals surface area contributed by atoms with Crippen LogP contribution in [-0.2, 0) is 16.1 Å². The van der Waals surface area contributed by atoms with Crippen LogP contribution in [0.4, 0.5) is 0 Å². The molecule has 1 atom stereocenters. The van der Waals surface area contributed by atoms with E-state index in [4.69, 9.17) is 4.74 Å². The van der Waals surface area contributed by atoms with Gasteiger partial charge < -0.3 is 14.7 Å². The summed E-state index contributed by atoms with van der Waals surface area (Å²) >= 11 is 0. The van der Waals surface area contributed by atoms with Crippen LogP contribution >= 0.6 is 0 Å². The summed E-state index contributed by atoms with van der Waals surface area (Å²) in [6.07, 6.45) is 1.76. The first kappa shape index (κ1) is 13.1. The number of hydrogen-bond donors (Lipinski definition) is 1. The number of aliphatic hydroxyl groups is 1. The molecule has 1 saturated heterocycles. The molecule has 20 heavy (non-hydrogen) atoms. The molecule has 106 valence electrons. The summed E-state index contributed by atoms with van der Waals surface area (Å²) in [5.74, 6) is -0.0406. The van der Waals surface area contributed by atoms with Crippen molar-refractivity contribution in [1.29, 1.82) is 0 Å². The quantitative estimate of drug-likeness (QED) is 0.872. The lowest BCUT2D eigenvalue weighted by atomic mass is 10.2. The highest BCUT2D eigenvalue weighted by Crippen LogP contribution is 2.14. The molecule has 3 rings (SSSR count). The molecule has 1 aliphatic heterocycles. The molecule has 1 N–H and O–H groups in total. The first-order valence-electron chi connectivity index (χ1n) is 6.68. The monoisotopic (exact) mass is 275 g/mol. The molecule has 0 saturated carbocycles. The number of benzene rings is 1. The molecule has 0 bridgehead atoms. The van der Waals surface area contributed by atoms with Gasteiger partial charge in [0.1, 0.15) is 6.54 Å². The highest BCUT2D eigenvalue weighted by molar-refractivity contribution is 5.82. The molecule has 0 unspecified atom stereocenters. The van der Waals surface area contributed by atoms with E-state index in [1.54, 1.807) is 15.8 Å². The second kappa shape index (κ2) is 5.60. The molecule has 1 amide bonds. The van der Waals surface area contributed by atoms with Gasteiger partial charge in [0.15, 0.2) is 0 Å². The van der Waals surface area contributed by atoms with Crippen LogP contribution in [0, 0.1) is 0 Å². The maximum absolute atomic E-state index is 12.4. The van der Waals surface area contributed by atoms with E-state index in [1.165, 1.54) is 0 Å². The minimum Gasteiger partial charge on any atom is -0.394 e. The van der Waals surface area contributed by atoms with Gasteiger partial charge in [-0.05, 0) is 6.07 Å². The number of morpholine rings is 1. The average molecular weight is 275 g/mol. The van der Waals surface area contributed by atoms with E-state index in [2.05, 4.69) is 5.10 Å². The molecule has 6 heteroatoms. The standard InChI is InChI=1S/C14H17N3O3/c18-9-12-10-20-6-5-16(12)14(19)8-17-13-4-2-1-3-11(13)7-15-17/h1-4,7,12,18H,5-6,8-10H2/t12-/m0/s1. The van der Waals surface area contributed by atoms with Gasteiger partial charge in [-0.3, -0.25) is 9.48 Å². The number of hydrogen-bond acceptors (Lipinski definition) is 4. The molecule has 1 aliphatic rings. The number of fused-ring (bicyclic) bond motifs is 1. The van der Waals surface area contributed by atoms with E-state index in [-0.39, 0.29) is 25.1 Å². The number of carbonyl (C=O) groups is 1. The molecule has 2 heterocycles. The predicted molar refractivity (Wildman–Crippen MR) is 73.1 cm³/mol. The summed E-state index contributed by atoms with van der Waals surface area (Å²) in [7, 11) is 0. The highest BCUT2D eigenvalue weighted by atomic mass is 16.5. The van der Waals surface area contributed by atoms with Crippen LogP contribution in [-0.4, -0.2) is 58.1 Å². The van der Waals surface area contributed by atoms with Crippen molar-refractivity contribution in [1.82, 2.24) is 14.7 Å². The van der Waals surface area contributed by atoms with Crippen molar-refractivity contribution in [2.75, 3.05) is 26.4 Å². The summed E-state index contributed by atoms with van der Waals surface area (Å²) < 4.78 is 6.98. The number of carbonyl (C=O) groups excluding carboxylic acids is 1. The van der Waals surface area contributed by atoms with Crippen molar-refractivity contribution < 1.29 is 14.6 Å². The molecule has 2 aromatic rings. The van der Waals surface area contributed by atoms with E-state index in [1.807, 2.05) is 24.3 Å². The molecule has 0 radical (unpaired) electrons. The molecular formula is C14H17N3O3. The van der Waals surface area contributed by atoms with Crippen molar-refractivity contribution in [2.24, 2.45) is 0 Å². The van der Waals surface area contributed by atoms with Crippen molar-refractivity contribution in [2.45, 2.75) is 12.6 Å². The first-order chi connectivity index (χ1) is 9.79. The van der Waals surface area contributed by atoms with Gasteiger partial charge >= 0.3 is 0 Å². The first-order valence-corrected chi connectivity index (χ1v) is 6.68. The van der Waals surface area contributed by atoms with E-state index in [9.17, 15) is 9.90 Å². The fourth-order valence-corrected chi connectivity index (χ4v) is 2.51. The van der Waals surface area contributed by atoms with Crippen LogP contribution in [0.3, 0.4) is 0 Å². The molecule has 1 aromatic heterocycles. The van der Waals surface area contributed by atoms with E-state index in [0.29, 0.717) is 19.8 Å². The molecule has 1 aromatic carbocycles. The van der Waals surface area contributed by atoms with Crippen LogP contribution in [0.2, 0.25) is 0 Å². The van der Waals surface area contributed by atoms with Crippen LogP contribution in [0.15, 0.2) is 30.5 Å². The third-order valence-corrected chi connectivity index (χ3v) is 3.59. The Morgan fingerprint density at radius 2 is 2.30 bits per heavy atom. The van der Waals surface area contributed by atoms with Crippen LogP contribution in [0.1, 0.15) is 0 Å². The third-order valence-electron chi connectivity index (χ3n) is 3.59. The smallest absolute Gasteiger partial charge is 0.244 e. The number of amides is 1. The zero-order valence-corrected chi connectivity index (χ0v) is 11.1. The largest absolute Gasteiger partial charge is 0.394 e. The van der Waals surface area contributed by atoms with Crippen molar-refractivity contribution in [3.05, 3.63) is 30.5 Å². The summed E-state index contributed by atoms with van der Waals surface area (Å²) in [5, 5.41) is 14.6. The number of rotatable bonds is 3. The third kappa shape index (κ3) is 2.39. The number of nitrogens with zero attached hydrogens (tertiary/aromatic N) is 3. The van der Waals surface area contributed by atoms with Gasteiger partial charge in [0, 0.05) is 11.9 Å². The summed E-state index contributed by atoms with van der Waals surface area (Å²) in [6, 6.07) is 7.53. The number of ether oxygens (including phenoxy) is 1. The molecular weight excluding hydrogens is 258 g/mol. The van der Waals surface area contributed by atoms with Crippen LogP contribution < -0.4 is 0 Å². The topological polar surface area (TPSA) is 67.6 Å². The molecule has 0 spiro atoms. The highest BCUT2D eigenvalue weighted by Gasteiger charge is 2.27. The maximum atomic E-state index is 12.4. The van der Waals surface area contributed by atoms with E-state index in [0.717, 1.165) is 10.9 Å². The normalized spacial score (nSPS) is 19.4. The fraction of sp³-hybridized carbons (Fsp3) is 0.429. The van der Waals surface area contributed by atoms with Gasteiger partial charge in [0.25, 0.3) is 0 Å². The van der Waals surface area contributed by atoms with Crippen molar-refractivity contribution in [3.8, 4) is 0 Å². The Morgan fingerprint density at radius 3 is 3.15 bits per heavy atom. The predicted octanol–water partition coefficient (Wildman–Crippen LogP) is 0.256. The maximum Gasteiger partial charge on any atom is 0.244 e. The van der Waals surface area contributed by atoms with Crippen LogP contribution in [0.5, 0.6) is 0 Å². The number of aliphatic hydroxyl groups excluding tert-OH is 1. The Morgan fingerprint density at radius 1 is 1.45 bits per heavy atom. The average Bonchev–Trinajstić information content (AvgIpc) is 2.90. The Hall–Kier alpha value is -1.92. The lowest BCUT2D eigenvalue weighted by molar-refractivity contribution is -0.142. The van der Waals surface area contributed by atoms with Gasteiger partial charge in [-0.25, -0.2) is 0 Å². The second-order valence-electron chi connectivity index (χ2n) is 4.86. The van der Waals surface area contributed by atoms with Gasteiger partial charge in [-0.1, -0.05) is 18.2 Å². The van der Waals surface area contributed by atoms with Crippen LogP contribution in [0.25, 0.3) is 10.9 Å². The summed E-state index contributed by atoms with van der Waals surface area (Å²) in [4.78, 5) is 14.1. The van der Waals surface area contributed by atoms with Gasteiger partial charge in [0.05, 0.1) is 37.6 Å². The van der Waals surface area contributed by atoms with Gasteiger partial charge in [-0.2, -0.15) is 5.10 Å². The van der Waals surface area contributed by atoms with Gasteiger partial charge in [0.2, 0.25) is 5.91 Å². The Kier molecular flexibility index (Phi) is 3.66. The fourth-order valence-electron chi connectivity index (χ4n) is 2.51. The zero-order valence-electron chi connectivity index (χ0n) is 11.1. The molecule has 0 aliphatic carbocycles. The van der Waals surface area contributed by atoms with E-state index < -0.39 is 0 Å². The SMILES string of the molecule is O=C(Cn1ncc2ccccc21)N1CCOC[C@@H]1CO. The van der Waals surface area contributed by atoms with Crippen molar-refractivity contribution in [3.63, 3.8) is 0 Å². The minimum absolute atomic E-state index is 0.0406. The Labute approximate surface area is 116 Å². The zero-order chi connectivity index (χ0) is 13.9. The molecule has 1 fully saturated rings. The van der Waals surface area contributed by atoms with Gasteiger partial charge in [-0.15, -0.1) is 0 Å². The lowest BCUT2D eigenvalue weighted by Gasteiger charge is -2.34. The van der Waals surface area contributed by atoms with E-state index >= 15 is 0 Å². The summed E-state index contributed by atoms with van der Waals surface area (Å²) in [5.41, 5.74) is 0.939. The molecule has 6 nitrogen and oxygen atoms in total. The second-order valence-corrected chi connectivity index (χ2v) is 4.86. The van der Waals surface area contributed by atoms with Crippen molar-refractivity contribution >= 4 is 16.8 Å². The number of aromatic nitrogens is 2. The Bertz CT molecular complexity index is 610. The lowest BCUT2D eigenvalue weighted by Crippen LogP contribution is -2.51. The number of para-hydroxylation sites is 1. The Balaban J connectivity index is 1.78.